The van der Waals surface area contributed by atoms with Crippen LogP contribution < -0.4 is 16.7 Å². The maximum Gasteiger partial charge on any atom is 0.351 e. The minimum Gasteiger partial charge on any atom is -0.360 e. The highest BCUT2D eigenvalue weighted by molar-refractivity contribution is 5.52. The van der Waals surface area contributed by atoms with E-state index in [2.05, 4.69) is 5.32 Å². The lowest BCUT2D eigenvalue weighted by molar-refractivity contribution is 0.565. The number of benzene rings is 1. The van der Waals surface area contributed by atoms with Crippen molar-refractivity contribution in [2.24, 2.45) is 14.1 Å². The molecular formula is C14H12N6O2. The van der Waals surface area contributed by atoms with Gasteiger partial charge in [-0.15, -0.1) is 0 Å². The fourth-order valence-electron chi connectivity index (χ4n) is 1.80. The summed E-state index contributed by atoms with van der Waals surface area (Å²) in [5, 5.41) is 20.0. The summed E-state index contributed by atoms with van der Waals surface area (Å²) in [5.74, 6) is 0. The standard InChI is InChI=1S/C14H12N6O2/c1-18-13(21)20(14(22)19(18)2)12-5-3-11(4-6-12)17-9-10(7-15)8-16/h3-6,9,17H,1-2H3. The summed E-state index contributed by atoms with van der Waals surface area (Å²) in [4.78, 5) is 24.0. The van der Waals surface area contributed by atoms with Gasteiger partial charge in [0, 0.05) is 26.0 Å². The molecule has 1 aromatic carbocycles. The third-order valence-electron chi connectivity index (χ3n) is 3.14. The number of aromatic nitrogens is 3. The quantitative estimate of drug-likeness (QED) is 0.815. The fraction of sp³-hybridized carbons (Fsp3) is 0.143. The van der Waals surface area contributed by atoms with E-state index in [1.54, 1.807) is 36.4 Å². The van der Waals surface area contributed by atoms with Gasteiger partial charge < -0.3 is 5.32 Å². The third kappa shape index (κ3) is 2.53. The number of nitrogens with zero attached hydrogens (tertiary/aromatic N) is 5. The first-order valence-corrected chi connectivity index (χ1v) is 6.22. The Kier molecular flexibility index (Phi) is 3.96. The molecule has 110 valence electrons. The van der Waals surface area contributed by atoms with Crippen LogP contribution in [-0.4, -0.2) is 13.9 Å². The van der Waals surface area contributed by atoms with Gasteiger partial charge in [-0.05, 0) is 24.3 Å². The number of nitriles is 2. The highest BCUT2D eigenvalue weighted by Gasteiger charge is 2.11. The van der Waals surface area contributed by atoms with Crippen LogP contribution in [0, 0.1) is 22.7 Å². The Morgan fingerprint density at radius 3 is 2.00 bits per heavy atom. The number of hydrogen-bond donors (Lipinski definition) is 1. The van der Waals surface area contributed by atoms with Crippen molar-refractivity contribution in [3.05, 3.63) is 57.0 Å². The van der Waals surface area contributed by atoms with Gasteiger partial charge in [0.25, 0.3) is 0 Å². The topological polar surface area (TPSA) is 109 Å². The number of anilines is 1. The molecule has 0 spiro atoms. The summed E-state index contributed by atoms with van der Waals surface area (Å²) >= 11 is 0. The van der Waals surface area contributed by atoms with Crippen LogP contribution in [-0.2, 0) is 14.1 Å². The molecule has 0 atom stereocenters. The zero-order valence-electron chi connectivity index (χ0n) is 11.9. The second kappa shape index (κ2) is 5.85. The molecule has 0 aliphatic rings. The van der Waals surface area contributed by atoms with Gasteiger partial charge in [0.05, 0.1) is 5.69 Å². The summed E-state index contributed by atoms with van der Waals surface area (Å²) in [5.41, 5.74) is 0.111. The van der Waals surface area contributed by atoms with Gasteiger partial charge in [0.1, 0.15) is 17.7 Å². The molecule has 1 N–H and O–H groups in total. The average molecular weight is 296 g/mol. The molecule has 8 nitrogen and oxygen atoms in total. The maximum absolute atomic E-state index is 12.0. The zero-order chi connectivity index (χ0) is 16.3. The van der Waals surface area contributed by atoms with E-state index in [1.807, 2.05) is 0 Å². The molecule has 0 amide bonds. The Balaban J connectivity index is 2.36. The average Bonchev–Trinajstić information content (AvgIpc) is 2.73. The third-order valence-corrected chi connectivity index (χ3v) is 3.14. The van der Waals surface area contributed by atoms with E-state index in [-0.39, 0.29) is 5.57 Å². The largest absolute Gasteiger partial charge is 0.360 e. The van der Waals surface area contributed by atoms with Crippen molar-refractivity contribution in [3.63, 3.8) is 0 Å². The molecule has 0 aliphatic carbocycles. The number of allylic oxidation sites excluding steroid dienone is 1. The molecule has 22 heavy (non-hydrogen) atoms. The van der Waals surface area contributed by atoms with Gasteiger partial charge >= 0.3 is 11.4 Å². The molecule has 0 unspecified atom stereocenters. The number of rotatable bonds is 3. The summed E-state index contributed by atoms with van der Waals surface area (Å²) in [6, 6.07) is 9.92. The first kappa shape index (κ1) is 14.9. The second-order valence-corrected chi connectivity index (χ2v) is 4.42. The Hall–Kier alpha value is -3.52. The Morgan fingerprint density at radius 2 is 1.55 bits per heavy atom. The van der Waals surface area contributed by atoms with Crippen LogP contribution in [0.5, 0.6) is 0 Å². The molecule has 2 rings (SSSR count). The molecule has 0 saturated carbocycles. The van der Waals surface area contributed by atoms with Gasteiger partial charge in [-0.25, -0.2) is 23.5 Å². The van der Waals surface area contributed by atoms with Gasteiger partial charge in [0.2, 0.25) is 0 Å². The predicted octanol–water partition coefficient (Wildman–Crippen LogP) is 0.218. The van der Waals surface area contributed by atoms with Crippen molar-refractivity contribution in [2.75, 3.05) is 5.32 Å². The highest BCUT2D eigenvalue weighted by atomic mass is 16.2. The molecule has 1 heterocycles. The molecule has 8 heteroatoms. The van der Waals surface area contributed by atoms with Crippen molar-refractivity contribution >= 4 is 5.69 Å². The molecule has 0 aliphatic heterocycles. The molecule has 0 fully saturated rings. The normalized spacial score (nSPS) is 9.64. The van der Waals surface area contributed by atoms with Crippen molar-refractivity contribution < 1.29 is 0 Å². The Bertz CT molecular complexity index is 879. The summed E-state index contributed by atoms with van der Waals surface area (Å²) in [6.45, 7) is 0. The van der Waals surface area contributed by atoms with E-state index in [0.29, 0.717) is 11.4 Å². The highest BCUT2D eigenvalue weighted by Crippen LogP contribution is 2.11. The molecule has 0 radical (unpaired) electrons. The second-order valence-electron chi connectivity index (χ2n) is 4.42. The van der Waals surface area contributed by atoms with E-state index in [9.17, 15) is 9.59 Å². The van der Waals surface area contributed by atoms with Gasteiger partial charge in [-0.1, -0.05) is 0 Å². The van der Waals surface area contributed by atoms with E-state index < -0.39 is 11.4 Å². The van der Waals surface area contributed by atoms with E-state index in [1.165, 1.54) is 29.7 Å². The molecule has 0 saturated heterocycles. The van der Waals surface area contributed by atoms with Crippen molar-refractivity contribution in [1.82, 2.24) is 13.9 Å². The molecule has 2 aromatic rings. The van der Waals surface area contributed by atoms with Crippen molar-refractivity contribution in [1.29, 1.82) is 10.5 Å². The van der Waals surface area contributed by atoms with Crippen LogP contribution in [0.3, 0.4) is 0 Å². The summed E-state index contributed by atoms with van der Waals surface area (Å²) in [7, 11) is 3.01. The lowest BCUT2D eigenvalue weighted by Gasteiger charge is -2.03. The smallest absolute Gasteiger partial charge is 0.351 e. The van der Waals surface area contributed by atoms with E-state index in [4.69, 9.17) is 10.5 Å². The molecular weight excluding hydrogens is 284 g/mol. The minimum atomic E-state index is -0.440. The maximum atomic E-state index is 12.0. The van der Waals surface area contributed by atoms with Crippen LogP contribution in [0.1, 0.15) is 0 Å². The lowest BCUT2D eigenvalue weighted by atomic mass is 10.2. The number of nitrogens with one attached hydrogen (secondary N) is 1. The van der Waals surface area contributed by atoms with Crippen LogP contribution in [0.2, 0.25) is 0 Å². The van der Waals surface area contributed by atoms with E-state index in [0.717, 1.165) is 4.57 Å². The van der Waals surface area contributed by atoms with Crippen molar-refractivity contribution in [2.45, 2.75) is 0 Å². The molecule has 0 bridgehead atoms. The van der Waals surface area contributed by atoms with Crippen LogP contribution >= 0.6 is 0 Å². The SMILES string of the molecule is Cn1c(=O)n(-c2ccc(NC=C(C#N)C#N)cc2)c(=O)n1C. The first-order chi connectivity index (χ1) is 10.5. The Labute approximate surface area is 125 Å². The zero-order valence-corrected chi connectivity index (χ0v) is 11.9. The first-order valence-electron chi connectivity index (χ1n) is 6.22. The minimum absolute atomic E-state index is 0.0581. The van der Waals surface area contributed by atoms with E-state index >= 15 is 0 Å². The van der Waals surface area contributed by atoms with Crippen LogP contribution in [0.15, 0.2) is 45.6 Å². The number of hydrogen-bond acceptors (Lipinski definition) is 5. The van der Waals surface area contributed by atoms with Crippen LogP contribution in [0.4, 0.5) is 5.69 Å². The summed E-state index contributed by atoms with van der Waals surface area (Å²) in [6.07, 6.45) is 1.28. The van der Waals surface area contributed by atoms with Gasteiger partial charge in [-0.3, -0.25) is 0 Å². The summed E-state index contributed by atoms with van der Waals surface area (Å²) < 4.78 is 3.47. The predicted molar refractivity (Wildman–Crippen MR) is 79.2 cm³/mol. The lowest BCUT2D eigenvalue weighted by Crippen LogP contribution is -2.26. The van der Waals surface area contributed by atoms with Gasteiger partial charge in [-0.2, -0.15) is 10.5 Å². The Morgan fingerprint density at radius 1 is 1.05 bits per heavy atom. The monoisotopic (exact) mass is 296 g/mol. The van der Waals surface area contributed by atoms with Gasteiger partial charge in [0.15, 0.2) is 0 Å². The fourth-order valence-corrected chi connectivity index (χ4v) is 1.80. The van der Waals surface area contributed by atoms with Crippen LogP contribution in [0.25, 0.3) is 5.69 Å². The van der Waals surface area contributed by atoms with Crippen molar-refractivity contribution in [3.8, 4) is 17.8 Å². The molecule has 1 aromatic heterocycles.